The van der Waals surface area contributed by atoms with Gasteiger partial charge in [0.15, 0.2) is 0 Å². The van der Waals surface area contributed by atoms with Crippen LogP contribution in [0.3, 0.4) is 0 Å². The van der Waals surface area contributed by atoms with Crippen molar-refractivity contribution in [1.82, 2.24) is 9.80 Å². The zero-order valence-electron chi connectivity index (χ0n) is 13.5. The molecule has 2 rings (SSSR count). The largest absolute Gasteiger partial charge is 0.494 e. The van der Waals surface area contributed by atoms with E-state index in [1.165, 1.54) is 0 Å². The van der Waals surface area contributed by atoms with Gasteiger partial charge in [-0.05, 0) is 58.1 Å². The smallest absolute Gasteiger partial charge is 0.119 e. The van der Waals surface area contributed by atoms with Gasteiger partial charge in [-0.1, -0.05) is 12.1 Å². The molecule has 4 nitrogen and oxygen atoms in total. The summed E-state index contributed by atoms with van der Waals surface area (Å²) in [5.41, 5.74) is 0.962. The third kappa shape index (κ3) is 4.43. The van der Waals surface area contributed by atoms with Crippen molar-refractivity contribution in [1.29, 1.82) is 0 Å². The van der Waals surface area contributed by atoms with E-state index in [1.54, 1.807) is 0 Å². The van der Waals surface area contributed by atoms with Crippen LogP contribution in [-0.4, -0.2) is 60.8 Å². The second-order valence-electron chi connectivity index (χ2n) is 5.88. The molecule has 1 aliphatic rings. The molecule has 0 radical (unpaired) electrons. The monoisotopic (exact) mass is 292 g/mol. The van der Waals surface area contributed by atoms with Gasteiger partial charge in [0.1, 0.15) is 5.75 Å². The van der Waals surface area contributed by atoms with Crippen molar-refractivity contribution in [2.75, 3.05) is 39.8 Å². The van der Waals surface area contributed by atoms with Gasteiger partial charge in [-0.25, -0.2) is 0 Å². The highest BCUT2D eigenvalue weighted by Gasteiger charge is 2.24. The topological polar surface area (TPSA) is 35.9 Å². The van der Waals surface area contributed by atoms with Crippen molar-refractivity contribution in [3.8, 4) is 5.75 Å². The van der Waals surface area contributed by atoms with E-state index in [0.29, 0.717) is 6.61 Å². The summed E-state index contributed by atoms with van der Waals surface area (Å²) in [6, 6.07) is 7.94. The number of likely N-dealkylation sites (N-methyl/N-ethyl adjacent to an activating group) is 1. The summed E-state index contributed by atoms with van der Waals surface area (Å²) in [7, 11) is 2.16. The third-order valence-corrected chi connectivity index (χ3v) is 4.32. The van der Waals surface area contributed by atoms with E-state index in [2.05, 4.69) is 23.8 Å². The van der Waals surface area contributed by atoms with Crippen LogP contribution < -0.4 is 4.74 Å². The molecule has 4 heteroatoms. The Morgan fingerprint density at radius 3 is 2.52 bits per heavy atom. The third-order valence-electron chi connectivity index (χ3n) is 4.32. The van der Waals surface area contributed by atoms with E-state index in [4.69, 9.17) is 4.74 Å². The van der Waals surface area contributed by atoms with Gasteiger partial charge in [0, 0.05) is 19.1 Å². The normalized spacial score (nSPS) is 20.8. The summed E-state index contributed by atoms with van der Waals surface area (Å²) in [5.74, 6) is 0.859. The number of hydrogen-bond acceptors (Lipinski definition) is 4. The van der Waals surface area contributed by atoms with E-state index in [-0.39, 0.29) is 6.04 Å². The second kappa shape index (κ2) is 7.78. The molecule has 1 aromatic rings. The SMILES string of the molecule is CCOc1ccc([C@@H](O)[C@H](C)N2CCCN(C)CC2)cc1. The van der Waals surface area contributed by atoms with Crippen LogP contribution in [0.15, 0.2) is 24.3 Å². The van der Waals surface area contributed by atoms with Crippen molar-refractivity contribution in [2.45, 2.75) is 32.4 Å². The lowest BCUT2D eigenvalue weighted by atomic mass is 10.0. The van der Waals surface area contributed by atoms with Gasteiger partial charge in [0.2, 0.25) is 0 Å². The molecule has 1 N–H and O–H groups in total. The molecule has 21 heavy (non-hydrogen) atoms. The number of benzene rings is 1. The van der Waals surface area contributed by atoms with Crippen molar-refractivity contribution >= 4 is 0 Å². The lowest BCUT2D eigenvalue weighted by molar-refractivity contribution is 0.0602. The number of nitrogens with zero attached hydrogens (tertiary/aromatic N) is 2. The highest BCUT2D eigenvalue weighted by molar-refractivity contribution is 5.29. The molecule has 0 saturated carbocycles. The first-order chi connectivity index (χ1) is 10.1. The Morgan fingerprint density at radius 2 is 1.86 bits per heavy atom. The van der Waals surface area contributed by atoms with E-state index in [0.717, 1.165) is 43.9 Å². The fourth-order valence-electron chi connectivity index (χ4n) is 2.88. The molecular weight excluding hydrogens is 264 g/mol. The molecule has 0 spiro atoms. The van der Waals surface area contributed by atoms with Crippen LogP contribution in [0.4, 0.5) is 0 Å². The lowest BCUT2D eigenvalue weighted by Gasteiger charge is -2.31. The first kappa shape index (κ1) is 16.3. The fraction of sp³-hybridized carbons (Fsp3) is 0.647. The Labute approximate surface area is 128 Å². The maximum Gasteiger partial charge on any atom is 0.119 e. The summed E-state index contributed by atoms with van der Waals surface area (Å²) in [6.45, 7) is 9.04. The predicted octanol–water partition coefficient (Wildman–Crippen LogP) is 2.14. The molecule has 1 heterocycles. The standard InChI is InChI=1S/C17H28N2O2/c1-4-21-16-8-6-15(7-9-16)17(20)14(2)19-11-5-10-18(3)12-13-19/h6-9,14,17,20H,4-5,10-13H2,1-3H3/t14-,17-/m0/s1. The number of aliphatic hydroxyl groups excluding tert-OH is 1. The van der Waals surface area contributed by atoms with Gasteiger partial charge in [0.05, 0.1) is 12.7 Å². The molecule has 1 aliphatic heterocycles. The van der Waals surface area contributed by atoms with Crippen molar-refractivity contribution in [3.05, 3.63) is 29.8 Å². The maximum absolute atomic E-state index is 10.6. The molecule has 0 aromatic heterocycles. The molecule has 0 bridgehead atoms. The zero-order valence-corrected chi connectivity index (χ0v) is 13.5. The average molecular weight is 292 g/mol. The van der Waals surface area contributed by atoms with Crippen LogP contribution in [0.5, 0.6) is 5.75 Å². The van der Waals surface area contributed by atoms with Crippen molar-refractivity contribution < 1.29 is 9.84 Å². The van der Waals surface area contributed by atoms with E-state index in [9.17, 15) is 5.11 Å². The fourth-order valence-corrected chi connectivity index (χ4v) is 2.88. The summed E-state index contributed by atoms with van der Waals surface area (Å²) >= 11 is 0. The summed E-state index contributed by atoms with van der Waals surface area (Å²) in [6.07, 6.45) is 0.709. The van der Waals surface area contributed by atoms with Crippen LogP contribution in [0.1, 0.15) is 31.9 Å². The summed E-state index contributed by atoms with van der Waals surface area (Å²) in [5, 5.41) is 10.6. The van der Waals surface area contributed by atoms with Crippen molar-refractivity contribution in [3.63, 3.8) is 0 Å². The average Bonchev–Trinajstić information content (AvgIpc) is 2.72. The van der Waals surface area contributed by atoms with Crippen LogP contribution >= 0.6 is 0 Å². The number of ether oxygens (including phenoxy) is 1. The highest BCUT2D eigenvalue weighted by Crippen LogP contribution is 2.24. The first-order valence-corrected chi connectivity index (χ1v) is 7.95. The van der Waals surface area contributed by atoms with Gasteiger partial charge < -0.3 is 14.7 Å². The van der Waals surface area contributed by atoms with E-state index < -0.39 is 6.10 Å². The number of aliphatic hydroxyl groups is 1. The molecule has 2 atom stereocenters. The lowest BCUT2D eigenvalue weighted by Crippen LogP contribution is -2.39. The van der Waals surface area contributed by atoms with E-state index in [1.807, 2.05) is 31.2 Å². The highest BCUT2D eigenvalue weighted by atomic mass is 16.5. The molecular formula is C17H28N2O2. The zero-order chi connectivity index (χ0) is 15.2. The Morgan fingerprint density at radius 1 is 1.14 bits per heavy atom. The van der Waals surface area contributed by atoms with Crippen molar-refractivity contribution in [2.24, 2.45) is 0 Å². The molecule has 1 aromatic carbocycles. The Hall–Kier alpha value is -1.10. The van der Waals surface area contributed by atoms with Gasteiger partial charge in [0.25, 0.3) is 0 Å². The first-order valence-electron chi connectivity index (χ1n) is 7.95. The Bertz CT molecular complexity index is 421. The predicted molar refractivity (Wildman–Crippen MR) is 85.7 cm³/mol. The Kier molecular flexibility index (Phi) is 6.03. The minimum absolute atomic E-state index is 0.134. The molecule has 118 valence electrons. The van der Waals surface area contributed by atoms with Gasteiger partial charge in [-0.3, -0.25) is 4.90 Å². The molecule has 0 unspecified atom stereocenters. The molecule has 1 fully saturated rings. The van der Waals surface area contributed by atoms with Crippen LogP contribution in [0.2, 0.25) is 0 Å². The number of hydrogen-bond donors (Lipinski definition) is 1. The van der Waals surface area contributed by atoms with Crippen LogP contribution in [-0.2, 0) is 0 Å². The summed E-state index contributed by atoms with van der Waals surface area (Å²) < 4.78 is 5.45. The molecule has 0 amide bonds. The van der Waals surface area contributed by atoms with E-state index >= 15 is 0 Å². The minimum atomic E-state index is -0.455. The van der Waals surface area contributed by atoms with Gasteiger partial charge in [-0.15, -0.1) is 0 Å². The second-order valence-corrected chi connectivity index (χ2v) is 5.88. The number of rotatable bonds is 5. The van der Waals surface area contributed by atoms with Gasteiger partial charge in [-0.2, -0.15) is 0 Å². The van der Waals surface area contributed by atoms with Crippen LogP contribution in [0, 0.1) is 0 Å². The molecule has 0 aliphatic carbocycles. The van der Waals surface area contributed by atoms with Gasteiger partial charge >= 0.3 is 0 Å². The minimum Gasteiger partial charge on any atom is -0.494 e. The quantitative estimate of drug-likeness (QED) is 0.902. The molecule has 1 saturated heterocycles. The Balaban J connectivity index is 1.98. The van der Waals surface area contributed by atoms with Crippen LogP contribution in [0.25, 0.3) is 0 Å². The summed E-state index contributed by atoms with van der Waals surface area (Å²) in [4.78, 5) is 4.75. The maximum atomic E-state index is 10.6.